The van der Waals surface area contributed by atoms with Gasteiger partial charge in [0.25, 0.3) is 0 Å². The Hall–Kier alpha value is -2.92. The molecule has 1 aliphatic rings. The molecule has 31 heavy (non-hydrogen) atoms. The lowest BCUT2D eigenvalue weighted by Crippen LogP contribution is -2.64. The second-order valence-corrected chi connectivity index (χ2v) is 7.74. The maximum Gasteiger partial charge on any atom is 0.342 e. The lowest BCUT2D eigenvalue weighted by molar-refractivity contribution is -0.173. The van der Waals surface area contributed by atoms with Crippen LogP contribution in [0.3, 0.4) is 0 Å². The monoisotopic (exact) mass is 421 g/mol. The van der Waals surface area contributed by atoms with Gasteiger partial charge in [-0.3, -0.25) is 4.90 Å². The number of rotatable bonds is 7. The van der Waals surface area contributed by atoms with E-state index >= 15 is 0 Å². The number of hydrogen-bond donors (Lipinski definition) is 0. The second-order valence-electron chi connectivity index (χ2n) is 7.74. The predicted octanol–water partition coefficient (Wildman–Crippen LogP) is 4.54. The van der Waals surface area contributed by atoms with Crippen molar-refractivity contribution in [2.45, 2.75) is 45.7 Å². The Balaban J connectivity index is 2.15. The number of carbonyl (C=O) groups excluding carboxylic acids is 2. The van der Waals surface area contributed by atoms with E-state index in [2.05, 4.69) is 0 Å². The molecule has 0 radical (unpaired) electrons. The number of likely N-dealkylation sites (tertiary alicyclic amines) is 1. The molecule has 164 valence electrons. The van der Waals surface area contributed by atoms with Gasteiger partial charge in [0.1, 0.15) is 0 Å². The van der Waals surface area contributed by atoms with Crippen molar-refractivity contribution in [2.24, 2.45) is 0 Å². The van der Waals surface area contributed by atoms with E-state index in [0.717, 1.165) is 28.7 Å². The largest absolute Gasteiger partial charge is 0.464 e. The topological polar surface area (TPSA) is 55.8 Å². The van der Waals surface area contributed by atoms with Crippen molar-refractivity contribution in [3.05, 3.63) is 76.9 Å². The van der Waals surface area contributed by atoms with E-state index in [1.165, 1.54) is 0 Å². The van der Waals surface area contributed by atoms with Gasteiger partial charge in [-0.1, -0.05) is 66.2 Å². The SMILES string of the molecule is CCOC(=O)C1(C(=O)OCC)/C(=C\c2ccc(C)cc2)CCCN1Cc1ccccc1. The fraction of sp³-hybridized carbons (Fsp3) is 0.385. The molecular weight excluding hydrogens is 390 g/mol. The predicted molar refractivity (Wildman–Crippen MR) is 121 cm³/mol. The smallest absolute Gasteiger partial charge is 0.342 e. The van der Waals surface area contributed by atoms with E-state index < -0.39 is 17.5 Å². The number of benzene rings is 2. The first-order valence-corrected chi connectivity index (χ1v) is 10.9. The minimum atomic E-state index is -1.59. The minimum absolute atomic E-state index is 0.191. The summed E-state index contributed by atoms with van der Waals surface area (Å²) in [6.07, 6.45) is 3.41. The summed E-state index contributed by atoms with van der Waals surface area (Å²) in [6, 6.07) is 17.9. The van der Waals surface area contributed by atoms with Gasteiger partial charge in [-0.15, -0.1) is 0 Å². The molecule has 0 aliphatic carbocycles. The van der Waals surface area contributed by atoms with Crippen LogP contribution in [0.15, 0.2) is 60.2 Å². The van der Waals surface area contributed by atoms with E-state index in [4.69, 9.17) is 9.47 Å². The summed E-state index contributed by atoms with van der Waals surface area (Å²) in [5.74, 6) is -1.13. The standard InChI is InChI=1S/C26H31NO4/c1-4-30-24(28)26(25(29)31-5-2)23(18-21-15-13-20(3)14-16-21)12-9-17-27(26)19-22-10-7-6-8-11-22/h6-8,10-11,13-16,18H,4-5,9,12,17,19H2,1-3H3/b23-18-. The van der Waals surface area contributed by atoms with Crippen molar-refractivity contribution in [2.75, 3.05) is 19.8 Å². The van der Waals surface area contributed by atoms with E-state index in [1.807, 2.05) is 72.5 Å². The van der Waals surface area contributed by atoms with Crippen molar-refractivity contribution >= 4 is 18.0 Å². The molecule has 2 aromatic rings. The van der Waals surface area contributed by atoms with Crippen molar-refractivity contribution in [3.8, 4) is 0 Å². The van der Waals surface area contributed by atoms with Crippen LogP contribution in [-0.2, 0) is 25.6 Å². The molecule has 5 nitrogen and oxygen atoms in total. The maximum absolute atomic E-state index is 13.5. The maximum atomic E-state index is 13.5. The van der Waals surface area contributed by atoms with Gasteiger partial charge >= 0.3 is 11.9 Å². The average molecular weight is 422 g/mol. The van der Waals surface area contributed by atoms with Crippen LogP contribution in [-0.4, -0.2) is 42.1 Å². The second kappa shape index (κ2) is 10.4. The van der Waals surface area contributed by atoms with Crippen LogP contribution in [0.1, 0.15) is 43.4 Å². The Labute approximate surface area is 184 Å². The molecular formula is C26H31NO4. The summed E-state index contributed by atoms with van der Waals surface area (Å²) in [4.78, 5) is 28.9. The zero-order valence-corrected chi connectivity index (χ0v) is 18.6. The van der Waals surface area contributed by atoms with Gasteiger partial charge < -0.3 is 9.47 Å². The quantitative estimate of drug-likeness (QED) is 0.485. The third kappa shape index (κ3) is 4.88. The normalized spacial score (nSPS) is 17.3. The fourth-order valence-corrected chi connectivity index (χ4v) is 4.13. The van der Waals surface area contributed by atoms with Crippen LogP contribution in [0.25, 0.3) is 6.08 Å². The van der Waals surface area contributed by atoms with Crippen molar-refractivity contribution in [3.63, 3.8) is 0 Å². The number of hydrogen-bond acceptors (Lipinski definition) is 5. The average Bonchev–Trinajstić information content (AvgIpc) is 2.77. The van der Waals surface area contributed by atoms with Crippen molar-refractivity contribution in [1.82, 2.24) is 4.90 Å². The Kier molecular flexibility index (Phi) is 7.64. The molecule has 0 atom stereocenters. The summed E-state index contributed by atoms with van der Waals surface area (Å²) in [7, 11) is 0. The highest BCUT2D eigenvalue weighted by atomic mass is 16.6. The van der Waals surface area contributed by atoms with Gasteiger partial charge in [0.2, 0.25) is 5.54 Å². The Bertz CT molecular complexity index is 900. The fourth-order valence-electron chi connectivity index (χ4n) is 4.13. The molecule has 3 rings (SSSR count). The molecule has 0 spiro atoms. The summed E-state index contributed by atoms with van der Waals surface area (Å²) < 4.78 is 11.0. The molecule has 1 fully saturated rings. The van der Waals surface area contributed by atoms with E-state index in [0.29, 0.717) is 19.5 Å². The van der Waals surface area contributed by atoms with Crippen LogP contribution >= 0.6 is 0 Å². The van der Waals surface area contributed by atoms with E-state index in [9.17, 15) is 9.59 Å². The molecule has 1 saturated heterocycles. The first-order chi connectivity index (χ1) is 15.0. The molecule has 0 bridgehead atoms. The highest BCUT2D eigenvalue weighted by molar-refractivity contribution is 6.10. The first kappa shape index (κ1) is 22.8. The van der Waals surface area contributed by atoms with E-state index in [1.54, 1.807) is 13.8 Å². The Morgan fingerprint density at radius 1 is 0.968 bits per heavy atom. The van der Waals surface area contributed by atoms with Gasteiger partial charge in [0, 0.05) is 13.1 Å². The number of esters is 2. The lowest BCUT2D eigenvalue weighted by Gasteiger charge is -2.44. The molecule has 2 aromatic carbocycles. The Morgan fingerprint density at radius 2 is 1.58 bits per heavy atom. The van der Waals surface area contributed by atoms with Gasteiger partial charge in [-0.05, 0) is 50.3 Å². The molecule has 0 unspecified atom stereocenters. The third-order valence-corrected chi connectivity index (χ3v) is 5.59. The van der Waals surface area contributed by atoms with Gasteiger partial charge in [0.05, 0.1) is 13.2 Å². The van der Waals surface area contributed by atoms with Crippen LogP contribution < -0.4 is 0 Å². The summed E-state index contributed by atoms with van der Waals surface area (Å²) >= 11 is 0. The van der Waals surface area contributed by atoms with E-state index in [-0.39, 0.29) is 13.2 Å². The zero-order valence-electron chi connectivity index (χ0n) is 18.6. The van der Waals surface area contributed by atoms with Crippen LogP contribution in [0.5, 0.6) is 0 Å². The highest BCUT2D eigenvalue weighted by Crippen LogP contribution is 2.38. The van der Waals surface area contributed by atoms with Crippen molar-refractivity contribution < 1.29 is 19.1 Å². The summed E-state index contributed by atoms with van der Waals surface area (Å²) in [5, 5.41) is 0. The summed E-state index contributed by atoms with van der Waals surface area (Å²) in [6.45, 7) is 6.96. The zero-order chi connectivity index (χ0) is 22.3. The van der Waals surface area contributed by atoms with Gasteiger partial charge in [-0.2, -0.15) is 0 Å². The van der Waals surface area contributed by atoms with Crippen LogP contribution in [0, 0.1) is 6.92 Å². The number of ether oxygens (including phenoxy) is 2. The van der Waals surface area contributed by atoms with Crippen LogP contribution in [0.2, 0.25) is 0 Å². The molecule has 5 heteroatoms. The van der Waals surface area contributed by atoms with Gasteiger partial charge in [0.15, 0.2) is 0 Å². The third-order valence-electron chi connectivity index (χ3n) is 5.59. The number of nitrogens with zero attached hydrogens (tertiary/aromatic N) is 1. The van der Waals surface area contributed by atoms with Crippen LogP contribution in [0.4, 0.5) is 0 Å². The first-order valence-electron chi connectivity index (χ1n) is 10.9. The Morgan fingerprint density at radius 3 is 2.16 bits per heavy atom. The van der Waals surface area contributed by atoms with Crippen molar-refractivity contribution in [1.29, 1.82) is 0 Å². The molecule has 0 N–H and O–H groups in total. The lowest BCUT2D eigenvalue weighted by atomic mass is 9.79. The minimum Gasteiger partial charge on any atom is -0.464 e. The molecule has 0 saturated carbocycles. The summed E-state index contributed by atoms with van der Waals surface area (Å²) in [5.41, 5.74) is 2.25. The van der Waals surface area contributed by atoms with Gasteiger partial charge in [-0.25, -0.2) is 9.59 Å². The number of piperidine rings is 1. The molecule has 1 heterocycles. The molecule has 0 aromatic heterocycles. The highest BCUT2D eigenvalue weighted by Gasteiger charge is 2.57. The molecule has 0 amide bonds. The number of carbonyl (C=O) groups is 2. The molecule has 1 aliphatic heterocycles. The number of aryl methyl sites for hydroxylation is 1.